The highest BCUT2D eigenvalue weighted by Gasteiger charge is 2.74. The smallest absolute Gasteiger partial charge is 0.402 e. The van der Waals surface area contributed by atoms with Crippen molar-refractivity contribution >= 4 is 0 Å². The molecule has 0 aromatic rings. The lowest BCUT2D eigenvalue weighted by Crippen LogP contribution is -2.59. The predicted octanol–water partition coefficient (Wildman–Crippen LogP) is 5.74. The zero-order valence-corrected chi connectivity index (χ0v) is 18.8. The quantitative estimate of drug-likeness (QED) is 0.309. The number of halogens is 15. The topological polar surface area (TPSA) is 92.5 Å². The van der Waals surface area contributed by atoms with E-state index in [9.17, 15) is 76.1 Å². The Labute approximate surface area is 208 Å². The molecule has 6 N–H and O–H groups in total. The summed E-state index contributed by atoms with van der Waals surface area (Å²) in [4.78, 5) is 0. The number of aliphatic hydroxyl groups is 2. The van der Waals surface area contributed by atoms with Gasteiger partial charge in [-0.2, -0.15) is 65.9 Å². The van der Waals surface area contributed by atoms with E-state index in [4.69, 9.17) is 11.5 Å². The molecule has 0 aliphatic heterocycles. The molecule has 2 rings (SSSR count). The molecule has 2 aliphatic rings. The second-order valence-corrected chi connectivity index (χ2v) is 8.70. The van der Waals surface area contributed by atoms with Gasteiger partial charge in [0.05, 0.1) is 5.92 Å². The normalized spacial score (nSPS) is 19.5. The second kappa shape index (κ2) is 9.52. The fraction of sp³-hybridized carbons (Fsp3) is 0.600. The van der Waals surface area contributed by atoms with Crippen molar-refractivity contribution in [2.24, 2.45) is 17.4 Å². The summed E-state index contributed by atoms with van der Waals surface area (Å²) in [5.41, 5.74) is -11.1. The Bertz CT molecular complexity index is 991. The van der Waals surface area contributed by atoms with Gasteiger partial charge in [0.1, 0.15) is 0 Å². The number of allylic oxidation sites excluding steroid dienone is 4. The van der Waals surface area contributed by atoms with Gasteiger partial charge in [-0.15, -0.1) is 0 Å². The van der Waals surface area contributed by atoms with Crippen LogP contribution in [-0.2, 0) is 0 Å². The minimum atomic E-state index is -6.57. The number of rotatable bonds is 4. The van der Waals surface area contributed by atoms with Gasteiger partial charge in [0, 0.05) is 22.5 Å². The maximum absolute atomic E-state index is 14.1. The van der Waals surface area contributed by atoms with Crippen LogP contribution in [0.5, 0.6) is 0 Å². The molecule has 0 aromatic heterocycles. The zero-order valence-electron chi connectivity index (χ0n) is 18.8. The van der Waals surface area contributed by atoms with E-state index in [1.165, 1.54) is 0 Å². The van der Waals surface area contributed by atoms with Crippen LogP contribution in [0.4, 0.5) is 65.9 Å². The highest BCUT2D eigenvalue weighted by Crippen LogP contribution is 2.54. The SMILES string of the molecule is NC1=C(C(O)(C(F)(F)F)C(F)(F)F)C=C(C(C2=CC(C(O)(C(F)(F)F)C(F)(F)F)=C(N)CC2)C(F)(F)F)CC1. The van der Waals surface area contributed by atoms with E-state index in [1.807, 2.05) is 0 Å². The lowest BCUT2D eigenvalue weighted by molar-refractivity contribution is -0.351. The van der Waals surface area contributed by atoms with Gasteiger partial charge in [-0.1, -0.05) is 23.3 Å². The van der Waals surface area contributed by atoms with Crippen LogP contribution in [-0.4, -0.2) is 52.3 Å². The summed E-state index contributed by atoms with van der Waals surface area (Å²) in [5, 5.41) is 19.2. The third-order valence-corrected chi connectivity index (χ3v) is 6.21. The lowest BCUT2D eigenvalue weighted by atomic mass is 9.74. The molecule has 2 aliphatic carbocycles. The first kappa shape index (κ1) is 32.6. The molecule has 224 valence electrons. The Hall–Kier alpha value is -2.57. The number of alkyl halides is 15. The van der Waals surface area contributed by atoms with Gasteiger partial charge in [0.15, 0.2) is 0 Å². The van der Waals surface area contributed by atoms with Crippen LogP contribution in [0.15, 0.2) is 45.8 Å². The summed E-state index contributed by atoms with van der Waals surface area (Å²) in [6.45, 7) is 0. The van der Waals surface area contributed by atoms with Gasteiger partial charge in [0.25, 0.3) is 11.2 Å². The molecule has 0 unspecified atom stereocenters. The molecule has 0 aromatic carbocycles. The van der Waals surface area contributed by atoms with Crippen molar-refractivity contribution in [2.75, 3.05) is 0 Å². The van der Waals surface area contributed by atoms with E-state index in [0.29, 0.717) is 0 Å². The van der Waals surface area contributed by atoms with Gasteiger partial charge in [0.2, 0.25) is 0 Å². The highest BCUT2D eigenvalue weighted by atomic mass is 19.4. The van der Waals surface area contributed by atoms with Gasteiger partial charge < -0.3 is 21.7 Å². The number of hydrogen-bond donors (Lipinski definition) is 4. The fourth-order valence-corrected chi connectivity index (χ4v) is 4.25. The number of nitrogens with two attached hydrogens (primary N) is 2. The van der Waals surface area contributed by atoms with Crippen molar-refractivity contribution in [1.82, 2.24) is 0 Å². The molecule has 0 bridgehead atoms. The van der Waals surface area contributed by atoms with Crippen LogP contribution >= 0.6 is 0 Å². The van der Waals surface area contributed by atoms with E-state index in [0.717, 1.165) is 0 Å². The highest BCUT2D eigenvalue weighted by molar-refractivity contribution is 5.48. The van der Waals surface area contributed by atoms with E-state index in [-0.39, 0.29) is 12.2 Å². The van der Waals surface area contributed by atoms with E-state index in [1.54, 1.807) is 0 Å². The average Bonchev–Trinajstić information content (AvgIpc) is 2.71. The van der Waals surface area contributed by atoms with Gasteiger partial charge in [-0.3, -0.25) is 0 Å². The Morgan fingerprint density at radius 2 is 0.769 bits per heavy atom. The second-order valence-electron chi connectivity index (χ2n) is 8.70. The van der Waals surface area contributed by atoms with Crippen LogP contribution in [0.3, 0.4) is 0 Å². The predicted molar refractivity (Wildman–Crippen MR) is 101 cm³/mol. The summed E-state index contributed by atoms with van der Waals surface area (Å²) in [7, 11) is 0. The van der Waals surface area contributed by atoms with Gasteiger partial charge in [-0.05, 0) is 25.7 Å². The van der Waals surface area contributed by atoms with E-state index in [2.05, 4.69) is 0 Å². The van der Waals surface area contributed by atoms with Crippen molar-refractivity contribution in [2.45, 2.75) is 67.8 Å². The van der Waals surface area contributed by atoms with Gasteiger partial charge >= 0.3 is 30.9 Å². The summed E-state index contributed by atoms with van der Waals surface area (Å²) < 4.78 is 202. The van der Waals surface area contributed by atoms with Crippen molar-refractivity contribution in [3.8, 4) is 0 Å². The molecular weight excluding hydrogens is 585 g/mol. The summed E-state index contributed by atoms with van der Waals surface area (Å²) in [6.07, 6.45) is -37.1. The molecular formula is C20H17F15N2O2. The Morgan fingerprint density at radius 3 is 0.974 bits per heavy atom. The molecule has 19 heteroatoms. The molecule has 0 amide bonds. The van der Waals surface area contributed by atoms with Crippen molar-refractivity contribution < 1.29 is 76.1 Å². The molecule has 39 heavy (non-hydrogen) atoms. The van der Waals surface area contributed by atoms with Crippen LogP contribution in [0, 0.1) is 5.92 Å². The molecule has 0 saturated heterocycles. The van der Waals surface area contributed by atoms with E-state index >= 15 is 0 Å². The third-order valence-electron chi connectivity index (χ3n) is 6.21. The maximum atomic E-state index is 14.1. The van der Waals surface area contributed by atoms with Crippen molar-refractivity contribution in [3.05, 3.63) is 45.8 Å². The molecule has 0 fully saturated rings. The van der Waals surface area contributed by atoms with Gasteiger partial charge in [-0.25, -0.2) is 0 Å². The fourth-order valence-electron chi connectivity index (χ4n) is 4.25. The largest absolute Gasteiger partial charge is 0.430 e. The first-order valence-corrected chi connectivity index (χ1v) is 10.3. The molecule has 0 saturated carbocycles. The Balaban J connectivity index is 2.83. The Morgan fingerprint density at radius 1 is 0.513 bits per heavy atom. The first-order valence-electron chi connectivity index (χ1n) is 10.3. The van der Waals surface area contributed by atoms with Crippen LogP contribution in [0.25, 0.3) is 0 Å². The molecule has 0 spiro atoms. The molecule has 0 radical (unpaired) electrons. The molecule has 0 atom stereocenters. The number of hydrogen-bond acceptors (Lipinski definition) is 4. The molecule has 0 heterocycles. The Kier molecular flexibility index (Phi) is 7.97. The standard InChI is InChI=1S/C20H17F15N2O2/c21-16(22,23)13(7-1-3-11(36)9(5-7)14(38,17(24,25)26)18(27,28)29)8-2-4-12(37)10(6-8)15(39,19(30,31)32)20(33,34)35/h5-6,13,38-39H,1-4,36-37H2. The average molecular weight is 602 g/mol. The summed E-state index contributed by atoms with van der Waals surface area (Å²) in [5.74, 6) is -3.33. The first-order chi connectivity index (χ1) is 17.1. The molecule has 4 nitrogen and oxygen atoms in total. The van der Waals surface area contributed by atoms with E-state index < -0.39 is 107 Å². The minimum Gasteiger partial charge on any atom is -0.402 e. The van der Waals surface area contributed by atoms with Crippen LogP contribution in [0.2, 0.25) is 0 Å². The zero-order chi connectivity index (χ0) is 30.8. The minimum absolute atomic E-state index is 0.375. The van der Waals surface area contributed by atoms with Crippen molar-refractivity contribution in [3.63, 3.8) is 0 Å². The van der Waals surface area contributed by atoms with Crippen LogP contribution < -0.4 is 11.5 Å². The summed E-state index contributed by atoms with van der Waals surface area (Å²) >= 11 is 0. The third kappa shape index (κ3) is 5.43. The maximum Gasteiger partial charge on any atom is 0.430 e. The monoisotopic (exact) mass is 602 g/mol. The van der Waals surface area contributed by atoms with Crippen LogP contribution in [0.1, 0.15) is 25.7 Å². The lowest BCUT2D eigenvalue weighted by Gasteiger charge is -2.38. The van der Waals surface area contributed by atoms with Crippen molar-refractivity contribution in [1.29, 1.82) is 0 Å². The summed E-state index contributed by atoms with van der Waals surface area (Å²) in [6, 6.07) is 0.